The van der Waals surface area contributed by atoms with Crippen LogP contribution in [0, 0.1) is 17.3 Å². The molecule has 23 heavy (non-hydrogen) atoms. The predicted octanol–water partition coefficient (Wildman–Crippen LogP) is 2.87. The summed E-state index contributed by atoms with van der Waals surface area (Å²) in [6.45, 7) is 13.4. The van der Waals surface area contributed by atoms with Crippen LogP contribution in [0.15, 0.2) is 0 Å². The fraction of sp³-hybridized carbons (Fsp3) is 0.889. The van der Waals surface area contributed by atoms with Crippen LogP contribution in [0.4, 0.5) is 0 Å². The van der Waals surface area contributed by atoms with Gasteiger partial charge in [-0.2, -0.15) is 11.8 Å². The Morgan fingerprint density at radius 1 is 1.09 bits per heavy atom. The van der Waals surface area contributed by atoms with Crippen molar-refractivity contribution in [1.29, 1.82) is 0 Å². The minimum Gasteiger partial charge on any atom is -0.341 e. The van der Waals surface area contributed by atoms with Crippen LogP contribution in [0.25, 0.3) is 0 Å². The van der Waals surface area contributed by atoms with E-state index in [9.17, 15) is 9.59 Å². The summed E-state index contributed by atoms with van der Waals surface area (Å²) in [7, 11) is 0. The van der Waals surface area contributed by atoms with Crippen molar-refractivity contribution in [3.05, 3.63) is 0 Å². The van der Waals surface area contributed by atoms with Crippen molar-refractivity contribution in [2.24, 2.45) is 17.3 Å². The highest BCUT2D eigenvalue weighted by atomic mass is 32.2. The molecule has 2 unspecified atom stereocenters. The van der Waals surface area contributed by atoms with E-state index in [1.165, 1.54) is 0 Å². The number of rotatable bonds is 2. The summed E-state index contributed by atoms with van der Waals surface area (Å²) in [5, 5.41) is 0.545. The Hall–Kier alpha value is -0.710. The zero-order valence-electron chi connectivity index (χ0n) is 15.3. The fourth-order valence-corrected chi connectivity index (χ4v) is 4.67. The maximum absolute atomic E-state index is 12.9. The Kier molecular flexibility index (Phi) is 6.04. The molecule has 2 aliphatic heterocycles. The predicted molar refractivity (Wildman–Crippen MR) is 96.4 cm³/mol. The highest BCUT2D eigenvalue weighted by Crippen LogP contribution is 2.28. The monoisotopic (exact) mass is 340 g/mol. The fourth-order valence-electron chi connectivity index (χ4n) is 3.37. The molecule has 2 aliphatic rings. The first-order chi connectivity index (χ1) is 10.7. The molecular formula is C18H32N2O2S. The number of hydrogen-bond acceptors (Lipinski definition) is 3. The number of nitrogens with zero attached hydrogens (tertiary/aromatic N) is 2. The Morgan fingerprint density at radius 3 is 2.39 bits per heavy atom. The number of thioether (sulfide) groups is 1. The topological polar surface area (TPSA) is 40.6 Å². The third kappa shape index (κ3) is 4.65. The lowest BCUT2D eigenvalue weighted by Gasteiger charge is -2.40. The van der Waals surface area contributed by atoms with Gasteiger partial charge in [0.15, 0.2) is 0 Å². The Bertz CT molecular complexity index is 445. The molecule has 0 aromatic carbocycles. The quantitative estimate of drug-likeness (QED) is 0.776. The van der Waals surface area contributed by atoms with Gasteiger partial charge in [-0.3, -0.25) is 9.59 Å². The van der Waals surface area contributed by atoms with E-state index in [0.717, 1.165) is 38.2 Å². The first-order valence-electron chi connectivity index (χ1n) is 8.90. The Morgan fingerprint density at radius 2 is 1.78 bits per heavy atom. The van der Waals surface area contributed by atoms with Crippen LogP contribution in [-0.4, -0.2) is 58.8 Å². The maximum atomic E-state index is 12.9. The number of carbonyl (C=O) groups is 2. The largest absolute Gasteiger partial charge is 0.341 e. The molecule has 2 rings (SSSR count). The first-order valence-corrected chi connectivity index (χ1v) is 9.94. The molecule has 0 saturated carbocycles. The summed E-state index contributed by atoms with van der Waals surface area (Å²) >= 11 is 1.99. The zero-order valence-corrected chi connectivity index (χ0v) is 16.1. The average Bonchev–Trinajstić information content (AvgIpc) is 2.52. The Labute approximate surface area is 145 Å². The highest BCUT2D eigenvalue weighted by Gasteiger charge is 2.36. The van der Waals surface area contributed by atoms with Crippen molar-refractivity contribution in [2.75, 3.05) is 31.9 Å². The van der Waals surface area contributed by atoms with Crippen LogP contribution < -0.4 is 0 Å². The smallest absolute Gasteiger partial charge is 0.227 e. The van der Waals surface area contributed by atoms with Crippen LogP contribution in [0.3, 0.4) is 0 Å². The number of carbonyl (C=O) groups excluding carboxylic acids is 2. The lowest BCUT2D eigenvalue weighted by atomic mass is 9.90. The second-order valence-corrected chi connectivity index (χ2v) is 9.62. The standard InChI is InChI=1S/C18H32N2O2S/c1-13(2)15-12-19(9-10-23-15)16(21)14-7-6-8-20(11-14)17(22)18(3,4)5/h13-15H,6-12H2,1-5H3. The number of likely N-dealkylation sites (tertiary alicyclic amines) is 1. The van der Waals surface area contributed by atoms with Gasteiger partial charge in [0, 0.05) is 42.6 Å². The molecule has 2 atom stereocenters. The highest BCUT2D eigenvalue weighted by molar-refractivity contribution is 8.00. The van der Waals surface area contributed by atoms with Crippen molar-refractivity contribution in [3.63, 3.8) is 0 Å². The number of piperidine rings is 1. The third-order valence-corrected chi connectivity index (χ3v) is 6.39. The molecule has 0 radical (unpaired) electrons. The summed E-state index contributed by atoms with van der Waals surface area (Å²) in [4.78, 5) is 29.4. The van der Waals surface area contributed by atoms with Crippen LogP contribution in [0.5, 0.6) is 0 Å². The first kappa shape index (κ1) is 18.6. The van der Waals surface area contributed by atoms with E-state index in [1.807, 2.05) is 37.4 Å². The summed E-state index contributed by atoms with van der Waals surface area (Å²) < 4.78 is 0. The molecule has 2 saturated heterocycles. The van der Waals surface area contributed by atoms with Crippen LogP contribution in [0.1, 0.15) is 47.5 Å². The second-order valence-electron chi connectivity index (χ2n) is 8.28. The zero-order chi connectivity index (χ0) is 17.2. The molecule has 4 nitrogen and oxygen atoms in total. The van der Waals surface area contributed by atoms with Gasteiger partial charge in [0.2, 0.25) is 11.8 Å². The van der Waals surface area contributed by atoms with Gasteiger partial charge in [-0.25, -0.2) is 0 Å². The molecule has 0 aliphatic carbocycles. The van der Waals surface area contributed by atoms with E-state index < -0.39 is 0 Å². The third-order valence-electron chi connectivity index (χ3n) is 4.85. The lowest BCUT2D eigenvalue weighted by molar-refractivity contribution is -0.145. The molecular weight excluding hydrogens is 308 g/mol. The molecule has 2 heterocycles. The van der Waals surface area contributed by atoms with E-state index in [2.05, 4.69) is 18.7 Å². The van der Waals surface area contributed by atoms with E-state index in [-0.39, 0.29) is 23.1 Å². The number of amides is 2. The molecule has 2 fully saturated rings. The van der Waals surface area contributed by atoms with Crippen molar-refractivity contribution in [2.45, 2.75) is 52.7 Å². The SMILES string of the molecule is CC(C)C1CN(C(=O)C2CCCN(C(=O)C(C)(C)C)C2)CCS1. The van der Waals surface area contributed by atoms with Gasteiger partial charge in [-0.15, -0.1) is 0 Å². The van der Waals surface area contributed by atoms with E-state index in [0.29, 0.717) is 17.7 Å². The molecule has 0 bridgehead atoms. The summed E-state index contributed by atoms with van der Waals surface area (Å²) in [6.07, 6.45) is 1.86. The van der Waals surface area contributed by atoms with Gasteiger partial charge in [0.05, 0.1) is 5.92 Å². The minimum absolute atomic E-state index is 0.00837. The molecule has 0 N–H and O–H groups in total. The van der Waals surface area contributed by atoms with Gasteiger partial charge in [-0.05, 0) is 18.8 Å². The molecule has 132 valence electrons. The minimum atomic E-state index is -0.366. The Balaban J connectivity index is 1.98. The molecule has 5 heteroatoms. The van der Waals surface area contributed by atoms with E-state index in [4.69, 9.17) is 0 Å². The summed E-state index contributed by atoms with van der Waals surface area (Å²) in [5.41, 5.74) is -0.366. The molecule has 0 spiro atoms. The van der Waals surface area contributed by atoms with Gasteiger partial charge >= 0.3 is 0 Å². The lowest BCUT2D eigenvalue weighted by Crippen LogP contribution is -2.52. The van der Waals surface area contributed by atoms with Crippen molar-refractivity contribution < 1.29 is 9.59 Å². The summed E-state index contributed by atoms with van der Waals surface area (Å²) in [5.74, 6) is 2.06. The van der Waals surface area contributed by atoms with Crippen LogP contribution in [0.2, 0.25) is 0 Å². The molecule has 2 amide bonds. The van der Waals surface area contributed by atoms with Gasteiger partial charge in [0.1, 0.15) is 0 Å². The number of hydrogen-bond donors (Lipinski definition) is 0. The van der Waals surface area contributed by atoms with Gasteiger partial charge < -0.3 is 9.80 Å². The van der Waals surface area contributed by atoms with Crippen molar-refractivity contribution in [3.8, 4) is 0 Å². The normalized spacial score (nSPS) is 26.5. The van der Waals surface area contributed by atoms with Crippen molar-refractivity contribution in [1.82, 2.24) is 9.80 Å². The second kappa shape index (κ2) is 7.45. The average molecular weight is 341 g/mol. The van der Waals surface area contributed by atoms with Crippen LogP contribution in [-0.2, 0) is 9.59 Å². The summed E-state index contributed by atoms with van der Waals surface area (Å²) in [6, 6.07) is 0. The molecule has 0 aromatic rings. The van der Waals surface area contributed by atoms with E-state index >= 15 is 0 Å². The maximum Gasteiger partial charge on any atom is 0.227 e. The molecule has 0 aromatic heterocycles. The van der Waals surface area contributed by atoms with Gasteiger partial charge in [0.25, 0.3) is 0 Å². The van der Waals surface area contributed by atoms with E-state index in [1.54, 1.807) is 0 Å². The van der Waals surface area contributed by atoms with Crippen LogP contribution >= 0.6 is 11.8 Å². The van der Waals surface area contributed by atoms with Gasteiger partial charge in [-0.1, -0.05) is 34.6 Å². The van der Waals surface area contributed by atoms with Crippen molar-refractivity contribution >= 4 is 23.6 Å².